The van der Waals surface area contributed by atoms with Crippen molar-refractivity contribution in [3.8, 4) is 5.69 Å². The summed E-state index contributed by atoms with van der Waals surface area (Å²) < 4.78 is 1.62. The third-order valence-corrected chi connectivity index (χ3v) is 3.18. The average molecular weight is 344 g/mol. The van der Waals surface area contributed by atoms with Gasteiger partial charge in [0.2, 0.25) is 5.82 Å². The number of aromatic nitrogens is 3. The van der Waals surface area contributed by atoms with Crippen molar-refractivity contribution in [2.24, 2.45) is 5.73 Å². The molecule has 1 amide bonds. The summed E-state index contributed by atoms with van der Waals surface area (Å²) in [6.45, 7) is 4.72. The fourth-order valence-corrected chi connectivity index (χ4v) is 2.08. The number of carbonyl (C=O) groups is 1. The molecule has 1 aromatic carbocycles. The lowest BCUT2D eigenvalue weighted by Gasteiger charge is -2.09. The van der Waals surface area contributed by atoms with Crippen LogP contribution in [-0.2, 0) is 0 Å². The Morgan fingerprint density at radius 1 is 1.41 bits per heavy atom. The van der Waals surface area contributed by atoms with Crippen LogP contribution in [0, 0.1) is 0 Å². The quantitative estimate of drug-likeness (QED) is 0.870. The number of halogens is 2. The van der Waals surface area contributed by atoms with Gasteiger partial charge in [0.25, 0.3) is 5.91 Å². The largest absolute Gasteiger partial charge is 0.348 e. The monoisotopic (exact) mass is 343 g/mol. The standard InChI is InChI=1S/C14H18ClN5O.ClH/c1-9(2)13-18-12(14(21)17-8-7-16)19-20(13)11-6-4-3-5-10(11)15;/h3-6,9H,7-8,16H2,1-2H3,(H,17,21);1H. The second kappa shape index (κ2) is 8.12. The van der Waals surface area contributed by atoms with Gasteiger partial charge >= 0.3 is 0 Å². The Hall–Kier alpha value is -1.63. The molecule has 0 bridgehead atoms. The molecular weight excluding hydrogens is 325 g/mol. The molecule has 0 atom stereocenters. The molecule has 0 spiro atoms. The highest BCUT2D eigenvalue weighted by atomic mass is 35.5. The predicted octanol–water partition coefficient (Wildman–Crippen LogP) is 2.15. The molecule has 8 heteroatoms. The van der Waals surface area contributed by atoms with Crippen LogP contribution in [0.1, 0.15) is 36.2 Å². The molecule has 22 heavy (non-hydrogen) atoms. The van der Waals surface area contributed by atoms with Crippen LogP contribution in [0.4, 0.5) is 0 Å². The summed E-state index contributed by atoms with van der Waals surface area (Å²) in [4.78, 5) is 16.3. The second-order valence-electron chi connectivity index (χ2n) is 4.86. The van der Waals surface area contributed by atoms with Crippen LogP contribution in [0.25, 0.3) is 5.69 Å². The van der Waals surface area contributed by atoms with Crippen molar-refractivity contribution < 1.29 is 4.79 Å². The Labute approximate surface area is 140 Å². The van der Waals surface area contributed by atoms with E-state index in [2.05, 4.69) is 15.4 Å². The average Bonchev–Trinajstić information content (AvgIpc) is 2.90. The molecule has 0 saturated carbocycles. The molecular formula is C14H19Cl2N5O. The van der Waals surface area contributed by atoms with E-state index in [1.165, 1.54) is 0 Å². The van der Waals surface area contributed by atoms with Gasteiger partial charge in [-0.1, -0.05) is 37.6 Å². The highest BCUT2D eigenvalue weighted by molar-refractivity contribution is 6.32. The zero-order valence-electron chi connectivity index (χ0n) is 12.4. The molecule has 0 aliphatic rings. The highest BCUT2D eigenvalue weighted by Crippen LogP contribution is 2.23. The van der Waals surface area contributed by atoms with Crippen LogP contribution >= 0.6 is 24.0 Å². The maximum absolute atomic E-state index is 12.0. The summed E-state index contributed by atoms with van der Waals surface area (Å²) in [5.41, 5.74) is 6.07. The Morgan fingerprint density at radius 3 is 2.68 bits per heavy atom. The van der Waals surface area contributed by atoms with E-state index in [4.69, 9.17) is 17.3 Å². The zero-order chi connectivity index (χ0) is 15.4. The van der Waals surface area contributed by atoms with Crippen molar-refractivity contribution in [3.05, 3.63) is 40.9 Å². The number of hydrogen-bond acceptors (Lipinski definition) is 4. The first-order chi connectivity index (χ1) is 10.0. The number of carbonyl (C=O) groups excluding carboxylic acids is 1. The van der Waals surface area contributed by atoms with Gasteiger partial charge in [0.15, 0.2) is 0 Å². The van der Waals surface area contributed by atoms with Crippen molar-refractivity contribution in [1.82, 2.24) is 20.1 Å². The molecule has 0 unspecified atom stereocenters. The van der Waals surface area contributed by atoms with Gasteiger partial charge in [-0.2, -0.15) is 0 Å². The number of rotatable bonds is 5. The lowest BCUT2D eigenvalue weighted by atomic mass is 10.2. The van der Waals surface area contributed by atoms with Gasteiger partial charge in [-0.05, 0) is 12.1 Å². The van der Waals surface area contributed by atoms with Crippen molar-refractivity contribution >= 4 is 29.9 Å². The maximum atomic E-state index is 12.0. The minimum atomic E-state index is -0.340. The number of para-hydroxylation sites is 1. The van der Waals surface area contributed by atoms with E-state index in [1.807, 2.05) is 32.0 Å². The van der Waals surface area contributed by atoms with Crippen molar-refractivity contribution in [2.45, 2.75) is 19.8 Å². The molecule has 0 saturated heterocycles. The van der Waals surface area contributed by atoms with Crippen LogP contribution in [0.2, 0.25) is 5.02 Å². The van der Waals surface area contributed by atoms with Gasteiger partial charge in [-0.15, -0.1) is 17.5 Å². The van der Waals surface area contributed by atoms with Gasteiger partial charge in [-0.3, -0.25) is 4.79 Å². The molecule has 2 rings (SSSR count). The summed E-state index contributed by atoms with van der Waals surface area (Å²) in [5, 5.41) is 7.50. The van der Waals surface area contributed by atoms with E-state index in [9.17, 15) is 4.79 Å². The fourth-order valence-electron chi connectivity index (χ4n) is 1.86. The Balaban J connectivity index is 0.00000242. The summed E-state index contributed by atoms with van der Waals surface area (Å²) in [6, 6.07) is 7.31. The number of benzene rings is 1. The number of amides is 1. The topological polar surface area (TPSA) is 85.8 Å². The van der Waals surface area contributed by atoms with Crippen LogP contribution in [-0.4, -0.2) is 33.8 Å². The fraction of sp³-hybridized carbons (Fsp3) is 0.357. The van der Waals surface area contributed by atoms with Gasteiger partial charge < -0.3 is 11.1 Å². The maximum Gasteiger partial charge on any atom is 0.291 e. The minimum Gasteiger partial charge on any atom is -0.348 e. The first-order valence-corrected chi connectivity index (χ1v) is 7.12. The molecule has 0 aliphatic heterocycles. The SMILES string of the molecule is CC(C)c1nc(C(=O)NCCN)nn1-c1ccccc1Cl.Cl. The molecule has 120 valence electrons. The van der Waals surface area contributed by atoms with Crippen molar-refractivity contribution in [1.29, 1.82) is 0 Å². The number of hydrogen-bond donors (Lipinski definition) is 2. The molecule has 0 radical (unpaired) electrons. The third kappa shape index (κ3) is 3.97. The number of nitrogens with zero attached hydrogens (tertiary/aromatic N) is 3. The zero-order valence-corrected chi connectivity index (χ0v) is 14.0. The van der Waals surface area contributed by atoms with E-state index in [0.29, 0.717) is 29.6 Å². The first kappa shape index (κ1) is 18.4. The lowest BCUT2D eigenvalue weighted by Crippen LogP contribution is -2.29. The van der Waals surface area contributed by atoms with E-state index in [-0.39, 0.29) is 30.1 Å². The van der Waals surface area contributed by atoms with Crippen molar-refractivity contribution in [3.63, 3.8) is 0 Å². The molecule has 3 N–H and O–H groups in total. The first-order valence-electron chi connectivity index (χ1n) is 6.74. The van der Waals surface area contributed by atoms with E-state index < -0.39 is 0 Å². The third-order valence-electron chi connectivity index (χ3n) is 2.86. The van der Waals surface area contributed by atoms with Crippen LogP contribution in [0.15, 0.2) is 24.3 Å². The molecule has 0 fully saturated rings. The summed E-state index contributed by atoms with van der Waals surface area (Å²) >= 11 is 6.20. The minimum absolute atomic E-state index is 0. The van der Waals surface area contributed by atoms with Crippen LogP contribution < -0.4 is 11.1 Å². The predicted molar refractivity (Wildman–Crippen MR) is 89.1 cm³/mol. The molecule has 2 aromatic rings. The Morgan fingerprint density at radius 2 is 2.09 bits per heavy atom. The normalized spacial score (nSPS) is 10.4. The number of nitrogens with two attached hydrogens (primary N) is 1. The molecule has 6 nitrogen and oxygen atoms in total. The molecule has 1 aromatic heterocycles. The smallest absolute Gasteiger partial charge is 0.291 e. The van der Waals surface area contributed by atoms with Gasteiger partial charge in [0.05, 0.1) is 10.7 Å². The van der Waals surface area contributed by atoms with Gasteiger partial charge in [0.1, 0.15) is 5.82 Å². The molecule has 0 aliphatic carbocycles. The molecule has 1 heterocycles. The van der Waals surface area contributed by atoms with Gasteiger partial charge in [0, 0.05) is 19.0 Å². The number of nitrogens with one attached hydrogen (secondary N) is 1. The van der Waals surface area contributed by atoms with Gasteiger partial charge in [-0.25, -0.2) is 9.67 Å². The van der Waals surface area contributed by atoms with E-state index in [1.54, 1.807) is 10.7 Å². The van der Waals surface area contributed by atoms with E-state index in [0.717, 1.165) is 0 Å². The van der Waals surface area contributed by atoms with Crippen LogP contribution in [0.3, 0.4) is 0 Å². The second-order valence-corrected chi connectivity index (χ2v) is 5.26. The highest BCUT2D eigenvalue weighted by Gasteiger charge is 2.20. The Bertz CT molecular complexity index is 642. The summed E-state index contributed by atoms with van der Waals surface area (Å²) in [7, 11) is 0. The van der Waals surface area contributed by atoms with E-state index >= 15 is 0 Å². The van der Waals surface area contributed by atoms with Crippen LogP contribution in [0.5, 0.6) is 0 Å². The Kier molecular flexibility index (Phi) is 6.80. The summed E-state index contributed by atoms with van der Waals surface area (Å²) in [6.07, 6.45) is 0. The summed E-state index contributed by atoms with van der Waals surface area (Å²) in [5.74, 6) is 0.561. The lowest BCUT2D eigenvalue weighted by molar-refractivity contribution is 0.0944. The van der Waals surface area contributed by atoms with Crippen molar-refractivity contribution in [2.75, 3.05) is 13.1 Å².